The van der Waals surface area contributed by atoms with Gasteiger partial charge in [0, 0.05) is 0 Å². The molecule has 0 nitrogen and oxygen atoms in total. The van der Waals surface area contributed by atoms with Gasteiger partial charge in [-0.25, -0.2) is 0 Å². The van der Waals surface area contributed by atoms with Crippen molar-refractivity contribution in [1.29, 1.82) is 0 Å². The minimum absolute atomic E-state index is 0. The van der Waals surface area contributed by atoms with Crippen LogP contribution in [0.25, 0.3) is 76.5 Å². The molecule has 0 fully saturated rings. The molecule has 0 aliphatic carbocycles. The Labute approximate surface area is 241 Å². The minimum Gasteiger partial charge on any atom is -0.0776 e. The first kappa shape index (κ1) is 24.8. The van der Waals surface area contributed by atoms with Gasteiger partial charge < -0.3 is 0 Å². The van der Waals surface area contributed by atoms with Crippen LogP contribution >= 0.6 is 0 Å². The summed E-state index contributed by atoms with van der Waals surface area (Å²) in [5.41, 5.74) is 7.48. The van der Waals surface area contributed by atoms with Gasteiger partial charge in [0.2, 0.25) is 0 Å². The second kappa shape index (κ2) is 10.1. The van der Waals surface area contributed by atoms with Crippen LogP contribution in [0.5, 0.6) is 0 Å². The van der Waals surface area contributed by atoms with Gasteiger partial charge in [-0.05, 0) is 107 Å². The van der Waals surface area contributed by atoms with Crippen LogP contribution in [0.3, 0.4) is 0 Å². The topological polar surface area (TPSA) is 0 Å². The van der Waals surface area contributed by atoms with E-state index < -0.39 is 0 Å². The fourth-order valence-corrected chi connectivity index (χ4v) is 6.13. The van der Waals surface area contributed by atoms with Crippen LogP contribution in [0.1, 0.15) is 7.43 Å². The van der Waals surface area contributed by atoms with Gasteiger partial charge in [-0.2, -0.15) is 0 Å². The molecular formula is C41H30. The van der Waals surface area contributed by atoms with Crippen molar-refractivity contribution in [2.75, 3.05) is 0 Å². The average molecular weight is 523 g/mol. The van der Waals surface area contributed by atoms with Gasteiger partial charge in [-0.3, -0.25) is 0 Å². The van der Waals surface area contributed by atoms with Gasteiger partial charge in [0.1, 0.15) is 0 Å². The standard InChI is InChI=1S/C40H26.CH4/c1-2-9-28-22-31(17-16-27(28)8-1)33-21-20-32-23-30(18-19-34(32)24-33)29-11-7-12-35(25-29)40-26-36-10-3-4-13-37(36)38-14-5-6-15-39(38)40;/h1-26H;1H4. The molecule has 8 rings (SSSR count). The molecule has 0 bridgehead atoms. The lowest BCUT2D eigenvalue weighted by Crippen LogP contribution is -1.86. The van der Waals surface area contributed by atoms with E-state index in [1.807, 2.05) is 0 Å². The van der Waals surface area contributed by atoms with Gasteiger partial charge in [0.15, 0.2) is 0 Å². The summed E-state index contributed by atoms with van der Waals surface area (Å²) in [7, 11) is 0. The third kappa shape index (κ3) is 4.35. The van der Waals surface area contributed by atoms with E-state index in [4.69, 9.17) is 0 Å². The maximum Gasteiger partial charge on any atom is -0.00988 e. The van der Waals surface area contributed by atoms with Gasteiger partial charge >= 0.3 is 0 Å². The third-order valence-electron chi connectivity index (χ3n) is 8.20. The Morgan fingerprint density at radius 1 is 0.244 bits per heavy atom. The van der Waals surface area contributed by atoms with E-state index in [-0.39, 0.29) is 7.43 Å². The summed E-state index contributed by atoms with van der Waals surface area (Å²) in [6, 6.07) is 57.6. The quantitative estimate of drug-likeness (QED) is 0.202. The number of benzene rings is 8. The molecule has 8 aromatic rings. The average Bonchev–Trinajstić information content (AvgIpc) is 3.03. The lowest BCUT2D eigenvalue weighted by molar-refractivity contribution is 1.62. The Morgan fingerprint density at radius 2 is 0.707 bits per heavy atom. The molecule has 0 atom stereocenters. The van der Waals surface area contributed by atoms with Crippen molar-refractivity contribution in [2.45, 2.75) is 7.43 Å². The van der Waals surface area contributed by atoms with E-state index in [1.165, 1.54) is 76.5 Å². The summed E-state index contributed by atoms with van der Waals surface area (Å²) in [4.78, 5) is 0. The maximum atomic E-state index is 2.34. The van der Waals surface area contributed by atoms with Crippen LogP contribution in [0, 0.1) is 0 Å². The monoisotopic (exact) mass is 522 g/mol. The summed E-state index contributed by atoms with van der Waals surface area (Å²) >= 11 is 0. The molecule has 0 N–H and O–H groups in total. The summed E-state index contributed by atoms with van der Waals surface area (Å²) in [5.74, 6) is 0. The van der Waals surface area contributed by atoms with E-state index in [2.05, 4.69) is 158 Å². The fraction of sp³-hybridized carbons (Fsp3) is 0.0244. The molecule has 0 saturated carbocycles. The summed E-state index contributed by atoms with van der Waals surface area (Å²) < 4.78 is 0. The molecule has 0 heteroatoms. The Hall–Kier alpha value is -5.20. The zero-order chi connectivity index (χ0) is 26.5. The summed E-state index contributed by atoms with van der Waals surface area (Å²) in [6.07, 6.45) is 0. The number of fused-ring (bicyclic) bond motifs is 5. The molecule has 8 aromatic carbocycles. The molecule has 0 unspecified atom stereocenters. The van der Waals surface area contributed by atoms with Crippen LogP contribution in [0.15, 0.2) is 158 Å². The van der Waals surface area contributed by atoms with Crippen molar-refractivity contribution in [3.63, 3.8) is 0 Å². The molecule has 0 aliphatic heterocycles. The Morgan fingerprint density at radius 3 is 1.39 bits per heavy atom. The van der Waals surface area contributed by atoms with E-state index in [9.17, 15) is 0 Å². The van der Waals surface area contributed by atoms with Crippen LogP contribution in [0.4, 0.5) is 0 Å². The molecule has 0 saturated heterocycles. The largest absolute Gasteiger partial charge is 0.0776 e. The second-order valence-corrected chi connectivity index (χ2v) is 10.6. The van der Waals surface area contributed by atoms with Crippen molar-refractivity contribution in [2.24, 2.45) is 0 Å². The SMILES string of the molecule is C.c1cc(-c2ccc3cc(-c4ccc5ccccc5c4)ccc3c2)cc(-c2cc3ccccc3c3ccccc23)c1. The van der Waals surface area contributed by atoms with Crippen molar-refractivity contribution >= 4 is 43.1 Å². The number of hydrogen-bond donors (Lipinski definition) is 0. The predicted octanol–water partition coefficient (Wildman–Crippen LogP) is 11.9. The molecular weight excluding hydrogens is 492 g/mol. The van der Waals surface area contributed by atoms with Crippen LogP contribution in [0.2, 0.25) is 0 Å². The summed E-state index contributed by atoms with van der Waals surface area (Å²) in [6.45, 7) is 0. The first-order chi connectivity index (χ1) is 19.8. The highest BCUT2D eigenvalue weighted by Crippen LogP contribution is 2.37. The zero-order valence-electron chi connectivity index (χ0n) is 22.0. The molecule has 0 radical (unpaired) electrons. The van der Waals surface area contributed by atoms with E-state index in [0.717, 1.165) is 0 Å². The van der Waals surface area contributed by atoms with Crippen molar-refractivity contribution in [3.05, 3.63) is 158 Å². The predicted molar refractivity (Wildman–Crippen MR) is 180 cm³/mol. The lowest BCUT2D eigenvalue weighted by Gasteiger charge is -2.13. The number of hydrogen-bond acceptors (Lipinski definition) is 0. The Bertz CT molecular complexity index is 2220. The van der Waals surface area contributed by atoms with Gasteiger partial charge in [-0.1, -0.05) is 135 Å². The molecule has 0 amide bonds. The van der Waals surface area contributed by atoms with E-state index in [1.54, 1.807) is 0 Å². The fourth-order valence-electron chi connectivity index (χ4n) is 6.13. The van der Waals surface area contributed by atoms with Crippen molar-refractivity contribution < 1.29 is 0 Å². The molecule has 0 aliphatic rings. The first-order valence-corrected chi connectivity index (χ1v) is 13.8. The van der Waals surface area contributed by atoms with Crippen LogP contribution < -0.4 is 0 Å². The highest BCUT2D eigenvalue weighted by atomic mass is 14.1. The second-order valence-electron chi connectivity index (χ2n) is 10.6. The van der Waals surface area contributed by atoms with Gasteiger partial charge in [0.25, 0.3) is 0 Å². The highest BCUT2D eigenvalue weighted by Gasteiger charge is 2.10. The number of rotatable bonds is 3. The van der Waals surface area contributed by atoms with Gasteiger partial charge in [-0.15, -0.1) is 0 Å². The molecule has 0 heterocycles. The normalized spacial score (nSPS) is 11.2. The third-order valence-corrected chi connectivity index (χ3v) is 8.20. The molecule has 0 aromatic heterocycles. The Kier molecular flexibility index (Phi) is 6.10. The molecule has 41 heavy (non-hydrogen) atoms. The smallest absolute Gasteiger partial charge is 0.00988 e. The maximum absolute atomic E-state index is 2.34. The minimum atomic E-state index is 0. The molecule has 194 valence electrons. The van der Waals surface area contributed by atoms with Crippen LogP contribution in [-0.2, 0) is 0 Å². The van der Waals surface area contributed by atoms with E-state index in [0.29, 0.717) is 0 Å². The zero-order valence-corrected chi connectivity index (χ0v) is 22.0. The first-order valence-electron chi connectivity index (χ1n) is 13.8. The van der Waals surface area contributed by atoms with E-state index >= 15 is 0 Å². The molecule has 0 spiro atoms. The van der Waals surface area contributed by atoms with Crippen molar-refractivity contribution in [1.82, 2.24) is 0 Å². The summed E-state index contributed by atoms with van der Waals surface area (Å²) in [5, 5.41) is 10.2. The van der Waals surface area contributed by atoms with Crippen LogP contribution in [-0.4, -0.2) is 0 Å². The van der Waals surface area contributed by atoms with Crippen molar-refractivity contribution in [3.8, 4) is 33.4 Å². The lowest BCUT2D eigenvalue weighted by atomic mass is 9.91. The van der Waals surface area contributed by atoms with Gasteiger partial charge in [0.05, 0.1) is 0 Å². The highest BCUT2D eigenvalue weighted by molar-refractivity contribution is 6.13. The Balaban J connectivity index is 0.00000276.